The Morgan fingerprint density at radius 2 is 2.03 bits per heavy atom. The van der Waals surface area contributed by atoms with Crippen molar-refractivity contribution in [3.63, 3.8) is 0 Å². The number of ether oxygens (including phenoxy) is 2. The Balaban J connectivity index is 1.79. The van der Waals surface area contributed by atoms with Crippen molar-refractivity contribution in [2.75, 3.05) is 24.8 Å². The van der Waals surface area contributed by atoms with Gasteiger partial charge in [0.2, 0.25) is 11.8 Å². The molecule has 2 aromatic carbocycles. The van der Waals surface area contributed by atoms with Gasteiger partial charge in [-0.25, -0.2) is 0 Å². The van der Waals surface area contributed by atoms with Crippen LogP contribution in [0.1, 0.15) is 24.8 Å². The largest absolute Gasteiger partial charge is 0.493 e. The number of thioether (sulfide) groups is 1. The molecule has 1 aliphatic heterocycles. The highest BCUT2D eigenvalue weighted by atomic mass is 35.5. The van der Waals surface area contributed by atoms with Gasteiger partial charge < -0.3 is 20.1 Å². The number of rotatable bonds is 8. The molecule has 7 nitrogen and oxygen atoms in total. The molecule has 0 aromatic heterocycles. The molecule has 3 rings (SSSR count). The molecular weight excluding hydrogens is 450 g/mol. The molecule has 0 saturated heterocycles. The number of carbonyl (C=O) groups is 2. The average molecular weight is 472 g/mol. The van der Waals surface area contributed by atoms with E-state index in [1.807, 2.05) is 13.0 Å². The SMILES string of the molecule is CCOc1ccc([C@H]2CC(=O)NC(SCC(=O)Nc3ccc(Cl)cc3)=C2C#N)cc1OC. The van der Waals surface area contributed by atoms with Crippen molar-refractivity contribution in [1.82, 2.24) is 5.32 Å². The van der Waals surface area contributed by atoms with Crippen LogP contribution in [0.5, 0.6) is 11.5 Å². The summed E-state index contributed by atoms with van der Waals surface area (Å²) < 4.78 is 11.0. The van der Waals surface area contributed by atoms with Crippen molar-refractivity contribution in [2.45, 2.75) is 19.3 Å². The fraction of sp³-hybridized carbons (Fsp3) is 0.261. The number of nitrogens with zero attached hydrogens (tertiary/aromatic N) is 1. The zero-order valence-corrected chi connectivity index (χ0v) is 19.2. The third kappa shape index (κ3) is 5.75. The van der Waals surface area contributed by atoms with Crippen molar-refractivity contribution in [2.24, 2.45) is 0 Å². The lowest BCUT2D eigenvalue weighted by molar-refractivity contribution is -0.121. The summed E-state index contributed by atoms with van der Waals surface area (Å²) >= 11 is 6.97. The lowest BCUT2D eigenvalue weighted by atomic mass is 9.87. The number of carbonyl (C=O) groups excluding carboxylic acids is 2. The summed E-state index contributed by atoms with van der Waals surface area (Å²) in [5.74, 6) is 0.228. The normalized spacial score (nSPS) is 15.6. The molecule has 1 atom stereocenters. The highest BCUT2D eigenvalue weighted by Crippen LogP contribution is 2.39. The molecule has 0 radical (unpaired) electrons. The van der Waals surface area contributed by atoms with E-state index in [9.17, 15) is 14.9 Å². The van der Waals surface area contributed by atoms with Crippen LogP contribution in [0, 0.1) is 11.3 Å². The van der Waals surface area contributed by atoms with E-state index in [2.05, 4.69) is 16.7 Å². The highest BCUT2D eigenvalue weighted by Gasteiger charge is 2.30. The van der Waals surface area contributed by atoms with E-state index in [0.29, 0.717) is 39.4 Å². The van der Waals surface area contributed by atoms with Gasteiger partial charge in [0.25, 0.3) is 0 Å². The molecule has 0 aliphatic carbocycles. The van der Waals surface area contributed by atoms with Crippen LogP contribution in [-0.4, -0.2) is 31.3 Å². The molecule has 9 heteroatoms. The number of halogens is 1. The molecule has 0 saturated carbocycles. The Morgan fingerprint density at radius 1 is 1.28 bits per heavy atom. The minimum Gasteiger partial charge on any atom is -0.493 e. The van der Waals surface area contributed by atoms with E-state index in [1.165, 1.54) is 7.11 Å². The number of benzene rings is 2. The number of nitriles is 1. The van der Waals surface area contributed by atoms with Crippen LogP contribution in [0.3, 0.4) is 0 Å². The molecule has 166 valence electrons. The number of nitrogens with one attached hydrogen (secondary N) is 2. The third-order valence-electron chi connectivity index (χ3n) is 4.72. The second kappa shape index (κ2) is 10.9. The van der Waals surface area contributed by atoms with Crippen molar-refractivity contribution >= 4 is 40.9 Å². The van der Waals surface area contributed by atoms with E-state index in [1.54, 1.807) is 36.4 Å². The van der Waals surface area contributed by atoms with Crippen LogP contribution in [-0.2, 0) is 9.59 Å². The standard InChI is InChI=1S/C23H22ClN3O4S/c1-3-31-19-9-4-14(10-20(19)30-2)17-11-21(28)27-23(18(17)12-25)32-13-22(29)26-16-7-5-15(24)6-8-16/h4-10,17H,3,11,13H2,1-2H3,(H,26,29)(H,27,28)/t17-/m1/s1. The molecule has 0 bridgehead atoms. The predicted molar refractivity (Wildman–Crippen MR) is 125 cm³/mol. The molecule has 2 N–H and O–H groups in total. The van der Waals surface area contributed by atoms with Gasteiger partial charge in [-0.1, -0.05) is 29.4 Å². The number of hydrogen-bond acceptors (Lipinski definition) is 6. The number of hydrogen-bond donors (Lipinski definition) is 2. The lowest BCUT2D eigenvalue weighted by Gasteiger charge is -2.25. The topological polar surface area (TPSA) is 100 Å². The quantitative estimate of drug-likeness (QED) is 0.589. The Hall–Kier alpha value is -3.15. The molecular formula is C23H22ClN3O4S. The van der Waals surface area contributed by atoms with E-state index in [4.69, 9.17) is 21.1 Å². The van der Waals surface area contributed by atoms with Gasteiger partial charge in [-0.15, -0.1) is 0 Å². The maximum absolute atomic E-state index is 12.4. The fourth-order valence-electron chi connectivity index (χ4n) is 3.26. The van der Waals surface area contributed by atoms with E-state index in [-0.39, 0.29) is 24.0 Å². The zero-order valence-electron chi connectivity index (χ0n) is 17.6. The first-order chi connectivity index (χ1) is 15.4. The van der Waals surface area contributed by atoms with Crippen LogP contribution in [0.15, 0.2) is 53.1 Å². The van der Waals surface area contributed by atoms with Gasteiger partial charge in [0.1, 0.15) is 0 Å². The van der Waals surface area contributed by atoms with Crippen molar-refractivity contribution in [1.29, 1.82) is 5.26 Å². The van der Waals surface area contributed by atoms with Gasteiger partial charge in [0.05, 0.1) is 36.1 Å². The minimum absolute atomic E-state index is 0.0305. The predicted octanol–water partition coefficient (Wildman–Crippen LogP) is 4.46. The lowest BCUT2D eigenvalue weighted by Crippen LogP contribution is -2.31. The smallest absolute Gasteiger partial charge is 0.234 e. The summed E-state index contributed by atoms with van der Waals surface area (Å²) in [6.07, 6.45) is 0.126. The average Bonchev–Trinajstić information content (AvgIpc) is 2.79. The van der Waals surface area contributed by atoms with E-state index >= 15 is 0 Å². The Morgan fingerprint density at radius 3 is 2.69 bits per heavy atom. The molecule has 0 spiro atoms. The molecule has 1 heterocycles. The summed E-state index contributed by atoms with van der Waals surface area (Å²) in [6.45, 7) is 2.37. The first-order valence-electron chi connectivity index (χ1n) is 9.88. The number of anilines is 1. The van der Waals surface area contributed by atoms with Gasteiger partial charge in [-0.05, 0) is 48.9 Å². The van der Waals surface area contributed by atoms with Crippen LogP contribution in [0.2, 0.25) is 5.02 Å². The maximum atomic E-state index is 12.4. The molecule has 2 aromatic rings. The van der Waals surface area contributed by atoms with Crippen LogP contribution >= 0.6 is 23.4 Å². The summed E-state index contributed by atoms with van der Waals surface area (Å²) in [7, 11) is 1.54. The second-order valence-electron chi connectivity index (χ2n) is 6.85. The Labute approximate surface area is 195 Å². The number of methoxy groups -OCH3 is 1. The minimum atomic E-state index is -0.444. The maximum Gasteiger partial charge on any atom is 0.234 e. The highest BCUT2D eigenvalue weighted by molar-refractivity contribution is 8.03. The second-order valence-corrected chi connectivity index (χ2v) is 8.27. The molecule has 32 heavy (non-hydrogen) atoms. The van der Waals surface area contributed by atoms with Gasteiger partial charge >= 0.3 is 0 Å². The first kappa shape index (κ1) is 23.5. The Bertz CT molecular complexity index is 1080. The summed E-state index contributed by atoms with van der Waals surface area (Å²) in [5, 5.41) is 16.3. The Kier molecular flexibility index (Phi) is 8.03. The number of amides is 2. The van der Waals surface area contributed by atoms with E-state index < -0.39 is 5.92 Å². The monoisotopic (exact) mass is 471 g/mol. The summed E-state index contributed by atoms with van der Waals surface area (Å²) in [6, 6.07) is 14.3. The molecule has 2 amide bonds. The zero-order chi connectivity index (χ0) is 23.1. The fourth-order valence-corrected chi connectivity index (χ4v) is 4.26. The van der Waals surface area contributed by atoms with Crippen LogP contribution in [0.25, 0.3) is 0 Å². The molecule has 1 aliphatic rings. The first-order valence-corrected chi connectivity index (χ1v) is 11.2. The van der Waals surface area contributed by atoms with E-state index in [0.717, 1.165) is 17.3 Å². The summed E-state index contributed by atoms with van der Waals surface area (Å²) in [4.78, 5) is 24.7. The molecule has 0 fully saturated rings. The van der Waals surface area contributed by atoms with Gasteiger partial charge in [-0.2, -0.15) is 5.26 Å². The van der Waals surface area contributed by atoms with Gasteiger partial charge in [-0.3, -0.25) is 9.59 Å². The summed E-state index contributed by atoms with van der Waals surface area (Å²) in [5.41, 5.74) is 1.78. The van der Waals surface area contributed by atoms with Crippen LogP contribution in [0.4, 0.5) is 5.69 Å². The van der Waals surface area contributed by atoms with Crippen molar-refractivity contribution in [3.8, 4) is 17.6 Å². The molecule has 0 unspecified atom stereocenters. The third-order valence-corrected chi connectivity index (χ3v) is 5.99. The number of allylic oxidation sites excluding steroid dienone is 1. The van der Waals surface area contributed by atoms with Gasteiger partial charge in [0.15, 0.2) is 11.5 Å². The van der Waals surface area contributed by atoms with Gasteiger partial charge in [0, 0.05) is 23.0 Å². The van der Waals surface area contributed by atoms with Crippen molar-refractivity contribution in [3.05, 3.63) is 63.7 Å². The van der Waals surface area contributed by atoms with Crippen LogP contribution < -0.4 is 20.1 Å². The van der Waals surface area contributed by atoms with Crippen molar-refractivity contribution < 1.29 is 19.1 Å².